The molecule has 1 saturated heterocycles. The van der Waals surface area contributed by atoms with Crippen LogP contribution in [0.15, 0.2) is 24.3 Å². The van der Waals surface area contributed by atoms with Gasteiger partial charge < -0.3 is 9.57 Å². The highest BCUT2D eigenvalue weighted by Crippen LogP contribution is 2.27. The zero-order chi connectivity index (χ0) is 15.8. The van der Waals surface area contributed by atoms with E-state index < -0.39 is 0 Å². The highest BCUT2D eigenvalue weighted by molar-refractivity contribution is 5.68. The lowest BCUT2D eigenvalue weighted by molar-refractivity contribution is -0.144. The molecule has 1 aliphatic rings. The molecule has 1 atom stereocenters. The van der Waals surface area contributed by atoms with Gasteiger partial charge in [0.1, 0.15) is 5.75 Å². The molecule has 5 nitrogen and oxygen atoms in total. The predicted molar refractivity (Wildman–Crippen MR) is 85.3 cm³/mol. The summed E-state index contributed by atoms with van der Waals surface area (Å²) in [6, 6.07) is 8.74. The lowest BCUT2D eigenvalue weighted by atomic mass is 10.1. The normalized spacial score (nSPS) is 16.5. The van der Waals surface area contributed by atoms with Crippen molar-refractivity contribution in [2.45, 2.75) is 45.1 Å². The Kier molecular flexibility index (Phi) is 6.68. The van der Waals surface area contributed by atoms with Crippen LogP contribution in [0.2, 0.25) is 0 Å². The zero-order valence-corrected chi connectivity index (χ0v) is 13.3. The number of unbranched alkanes of at least 4 members (excludes halogenated alkanes) is 1. The smallest absolute Gasteiger partial charge is 0.324 e. The summed E-state index contributed by atoms with van der Waals surface area (Å²) in [5.74, 6) is 5.31. The number of hydrogen-bond donors (Lipinski definition) is 1. The fourth-order valence-corrected chi connectivity index (χ4v) is 2.82. The number of nitrogens with two attached hydrogens (primary N) is 1. The third kappa shape index (κ3) is 5.00. The predicted octanol–water partition coefficient (Wildman–Crippen LogP) is 2.81. The fraction of sp³-hybridized carbons (Fsp3) is 0.588. The third-order valence-electron chi connectivity index (χ3n) is 4.20. The van der Waals surface area contributed by atoms with Gasteiger partial charge in [0, 0.05) is 12.5 Å². The minimum absolute atomic E-state index is 0.339. The van der Waals surface area contributed by atoms with Gasteiger partial charge in [-0.05, 0) is 63.4 Å². The van der Waals surface area contributed by atoms with E-state index in [4.69, 9.17) is 10.6 Å². The molecule has 1 heterocycles. The van der Waals surface area contributed by atoms with Gasteiger partial charge in [0.2, 0.25) is 0 Å². The van der Waals surface area contributed by atoms with E-state index in [-0.39, 0.29) is 5.97 Å². The first-order valence-electron chi connectivity index (χ1n) is 8.07. The third-order valence-corrected chi connectivity index (χ3v) is 4.20. The summed E-state index contributed by atoms with van der Waals surface area (Å²) in [5, 5.41) is 0. The molecule has 0 aromatic heterocycles. The van der Waals surface area contributed by atoms with Crippen molar-refractivity contribution in [1.29, 1.82) is 0 Å². The first-order chi connectivity index (χ1) is 10.7. The molecule has 0 bridgehead atoms. The Balaban J connectivity index is 1.77. The van der Waals surface area contributed by atoms with E-state index in [1.807, 2.05) is 12.1 Å². The van der Waals surface area contributed by atoms with Crippen LogP contribution in [0, 0.1) is 0 Å². The molecular formula is C17H26N2O3. The summed E-state index contributed by atoms with van der Waals surface area (Å²) in [4.78, 5) is 17.5. The average molecular weight is 306 g/mol. The molecular weight excluding hydrogens is 280 g/mol. The topological polar surface area (TPSA) is 64.8 Å². The van der Waals surface area contributed by atoms with Crippen molar-refractivity contribution in [1.82, 2.24) is 4.90 Å². The molecule has 2 N–H and O–H groups in total. The fourth-order valence-electron chi connectivity index (χ4n) is 2.82. The van der Waals surface area contributed by atoms with Gasteiger partial charge in [-0.2, -0.15) is 5.90 Å². The van der Waals surface area contributed by atoms with Gasteiger partial charge in [0.15, 0.2) is 0 Å². The zero-order valence-electron chi connectivity index (χ0n) is 13.3. The Labute approximate surface area is 132 Å². The van der Waals surface area contributed by atoms with Crippen molar-refractivity contribution in [3.63, 3.8) is 0 Å². The number of benzene rings is 1. The van der Waals surface area contributed by atoms with Crippen molar-refractivity contribution < 1.29 is 14.4 Å². The number of hydrogen-bond acceptors (Lipinski definition) is 5. The molecule has 122 valence electrons. The van der Waals surface area contributed by atoms with Crippen LogP contribution in [0.3, 0.4) is 0 Å². The molecule has 2 rings (SSSR count). The van der Waals surface area contributed by atoms with Crippen LogP contribution in [0.1, 0.15) is 50.6 Å². The molecule has 1 aromatic carbocycles. The van der Waals surface area contributed by atoms with E-state index in [0.29, 0.717) is 19.1 Å². The van der Waals surface area contributed by atoms with Crippen LogP contribution in [-0.4, -0.2) is 30.6 Å². The van der Waals surface area contributed by atoms with Crippen molar-refractivity contribution in [2.75, 3.05) is 19.7 Å². The number of likely N-dealkylation sites (tertiary alicyclic amines) is 1. The summed E-state index contributed by atoms with van der Waals surface area (Å²) in [6.45, 7) is 5.22. The minimum Gasteiger partial charge on any atom is -0.494 e. The number of nitrogens with zero attached hydrogens (tertiary/aromatic N) is 1. The second-order valence-electron chi connectivity index (χ2n) is 5.79. The molecule has 0 amide bonds. The Bertz CT molecular complexity index is 473. The number of rotatable bonds is 8. The van der Waals surface area contributed by atoms with Crippen LogP contribution in [0.5, 0.6) is 5.75 Å². The van der Waals surface area contributed by atoms with E-state index in [9.17, 15) is 4.79 Å². The molecule has 0 saturated carbocycles. The summed E-state index contributed by atoms with van der Waals surface area (Å²) in [7, 11) is 0. The highest BCUT2D eigenvalue weighted by atomic mass is 16.7. The van der Waals surface area contributed by atoms with Crippen molar-refractivity contribution in [2.24, 2.45) is 5.90 Å². The van der Waals surface area contributed by atoms with Crippen molar-refractivity contribution in [3.05, 3.63) is 29.8 Å². The minimum atomic E-state index is -0.374. The second-order valence-corrected chi connectivity index (χ2v) is 5.79. The monoisotopic (exact) mass is 306 g/mol. The molecule has 0 spiro atoms. The van der Waals surface area contributed by atoms with Gasteiger partial charge in [-0.3, -0.25) is 9.69 Å². The van der Waals surface area contributed by atoms with Crippen LogP contribution in [-0.2, 0) is 9.63 Å². The van der Waals surface area contributed by atoms with Crippen molar-refractivity contribution in [3.8, 4) is 5.75 Å². The maximum Gasteiger partial charge on any atom is 0.324 e. The molecule has 1 aliphatic heterocycles. The van der Waals surface area contributed by atoms with Gasteiger partial charge in [-0.25, -0.2) is 0 Å². The maximum absolute atomic E-state index is 10.9. The number of carbonyl (C=O) groups is 1. The lowest BCUT2D eigenvalue weighted by Crippen LogP contribution is -2.23. The standard InChI is InChI=1S/C17H26N2O3/c1-14(19-10-3-4-11-19)15-7-6-8-16(13-15)21-12-5-2-9-17(20)22-18/h6-8,13-14H,2-5,9-12,18H2,1H3. The van der Waals surface area contributed by atoms with E-state index in [2.05, 4.69) is 28.8 Å². The first-order valence-corrected chi connectivity index (χ1v) is 8.07. The Morgan fingerprint density at radius 3 is 2.82 bits per heavy atom. The highest BCUT2D eigenvalue weighted by Gasteiger charge is 2.19. The van der Waals surface area contributed by atoms with Crippen molar-refractivity contribution >= 4 is 5.97 Å². The second kappa shape index (κ2) is 8.76. The average Bonchev–Trinajstić information content (AvgIpc) is 3.08. The Morgan fingerprint density at radius 1 is 1.32 bits per heavy atom. The van der Waals surface area contributed by atoms with Gasteiger partial charge in [0.05, 0.1) is 6.61 Å². The molecule has 1 fully saturated rings. The molecule has 1 aromatic rings. The van der Waals surface area contributed by atoms with E-state index in [1.54, 1.807) is 0 Å². The van der Waals surface area contributed by atoms with Gasteiger partial charge in [0.25, 0.3) is 0 Å². The SMILES string of the molecule is CC(c1cccc(OCCCCC(=O)ON)c1)N1CCCC1. The number of ether oxygens (including phenoxy) is 1. The molecule has 0 radical (unpaired) electrons. The quantitative estimate of drug-likeness (QED) is 0.591. The summed E-state index contributed by atoms with van der Waals surface area (Å²) in [5.41, 5.74) is 1.30. The summed E-state index contributed by atoms with van der Waals surface area (Å²) < 4.78 is 5.77. The van der Waals surface area contributed by atoms with Gasteiger partial charge in [-0.1, -0.05) is 12.1 Å². The maximum atomic E-state index is 10.9. The van der Waals surface area contributed by atoms with Crippen LogP contribution in [0.25, 0.3) is 0 Å². The first kappa shape index (κ1) is 16.8. The van der Waals surface area contributed by atoms with E-state index in [0.717, 1.165) is 18.6 Å². The Morgan fingerprint density at radius 2 is 2.09 bits per heavy atom. The van der Waals surface area contributed by atoms with Crippen LogP contribution >= 0.6 is 0 Å². The largest absolute Gasteiger partial charge is 0.494 e. The molecule has 0 aliphatic carbocycles. The van der Waals surface area contributed by atoms with Gasteiger partial charge >= 0.3 is 5.97 Å². The molecule has 5 heteroatoms. The number of carbonyl (C=O) groups excluding carboxylic acids is 1. The molecule has 22 heavy (non-hydrogen) atoms. The lowest BCUT2D eigenvalue weighted by Gasteiger charge is -2.24. The van der Waals surface area contributed by atoms with Gasteiger partial charge in [-0.15, -0.1) is 0 Å². The molecule has 1 unspecified atom stereocenters. The van der Waals surface area contributed by atoms with E-state index in [1.165, 1.54) is 31.5 Å². The summed E-state index contributed by atoms with van der Waals surface area (Å²) in [6.07, 6.45) is 4.46. The Hall–Kier alpha value is -1.59. The van der Waals surface area contributed by atoms with Crippen LogP contribution < -0.4 is 10.6 Å². The van der Waals surface area contributed by atoms with E-state index >= 15 is 0 Å². The van der Waals surface area contributed by atoms with Crippen LogP contribution in [0.4, 0.5) is 0 Å². The summed E-state index contributed by atoms with van der Waals surface area (Å²) >= 11 is 0.